The van der Waals surface area contributed by atoms with E-state index in [1.807, 2.05) is 45.0 Å². The molecule has 146 valence electrons. The smallest absolute Gasteiger partial charge is 0.407 e. The van der Waals surface area contributed by atoms with Gasteiger partial charge in [-0.25, -0.2) is 4.79 Å². The minimum atomic E-state index is -0.887. The van der Waals surface area contributed by atoms with Gasteiger partial charge < -0.3 is 15.1 Å². The Hall–Kier alpha value is -1.30. The summed E-state index contributed by atoms with van der Waals surface area (Å²) in [5.74, 6) is 0. The third-order valence-corrected chi connectivity index (χ3v) is 5.46. The van der Waals surface area contributed by atoms with Crippen LogP contribution < -0.4 is 0 Å². The Kier molecular flexibility index (Phi) is 7.33. The van der Waals surface area contributed by atoms with Gasteiger partial charge in [-0.15, -0.1) is 0 Å². The average molecular weight is 383 g/mol. The number of rotatable bonds is 6. The molecule has 0 spiro atoms. The maximum absolute atomic E-state index is 11.7. The number of aliphatic hydroxyl groups is 1. The average Bonchev–Trinajstić information content (AvgIpc) is 2.57. The molecule has 1 aromatic rings. The van der Waals surface area contributed by atoms with Crippen LogP contribution in [-0.2, 0) is 6.54 Å². The lowest BCUT2D eigenvalue weighted by Crippen LogP contribution is -2.48. The minimum absolute atomic E-state index is 0.0288. The molecule has 0 aromatic heterocycles. The summed E-state index contributed by atoms with van der Waals surface area (Å²) in [5, 5.41) is 20.5. The van der Waals surface area contributed by atoms with Crippen molar-refractivity contribution in [2.24, 2.45) is 5.41 Å². The molecule has 1 saturated heterocycles. The molecule has 5 nitrogen and oxygen atoms in total. The Morgan fingerprint density at radius 1 is 1.27 bits per heavy atom. The summed E-state index contributed by atoms with van der Waals surface area (Å²) in [4.78, 5) is 15.6. The van der Waals surface area contributed by atoms with Crippen LogP contribution in [0.2, 0.25) is 5.02 Å². The highest BCUT2D eigenvalue weighted by molar-refractivity contribution is 6.30. The quantitative estimate of drug-likeness (QED) is 0.778. The van der Waals surface area contributed by atoms with Crippen LogP contribution >= 0.6 is 11.6 Å². The Balaban J connectivity index is 1.85. The fourth-order valence-corrected chi connectivity index (χ4v) is 3.49. The molecule has 1 fully saturated rings. The predicted octanol–water partition coefficient (Wildman–Crippen LogP) is 4.08. The first-order chi connectivity index (χ1) is 12.2. The fraction of sp³-hybridized carbons (Fsp3) is 0.650. The molecule has 26 heavy (non-hydrogen) atoms. The summed E-state index contributed by atoms with van der Waals surface area (Å²) in [7, 11) is 0. The molecule has 0 aliphatic carbocycles. The number of likely N-dealkylation sites (tertiary alicyclic amines) is 1. The third kappa shape index (κ3) is 6.15. The van der Waals surface area contributed by atoms with E-state index in [2.05, 4.69) is 4.90 Å². The Labute approximate surface area is 161 Å². The molecule has 1 unspecified atom stereocenters. The topological polar surface area (TPSA) is 64.0 Å². The van der Waals surface area contributed by atoms with E-state index in [4.69, 9.17) is 11.6 Å². The van der Waals surface area contributed by atoms with Gasteiger partial charge in [0.25, 0.3) is 0 Å². The van der Waals surface area contributed by atoms with Crippen LogP contribution in [0.5, 0.6) is 0 Å². The summed E-state index contributed by atoms with van der Waals surface area (Å²) >= 11 is 5.93. The van der Waals surface area contributed by atoms with E-state index in [1.165, 1.54) is 10.5 Å². The van der Waals surface area contributed by atoms with Crippen molar-refractivity contribution >= 4 is 17.7 Å². The Morgan fingerprint density at radius 2 is 1.85 bits per heavy atom. The van der Waals surface area contributed by atoms with Gasteiger partial charge in [0.05, 0.1) is 6.10 Å². The molecular weight excluding hydrogens is 352 g/mol. The van der Waals surface area contributed by atoms with Gasteiger partial charge >= 0.3 is 6.09 Å². The van der Waals surface area contributed by atoms with Gasteiger partial charge in [-0.2, -0.15) is 0 Å². The van der Waals surface area contributed by atoms with E-state index in [1.54, 1.807) is 0 Å². The standard InChI is InChI=1S/C20H31ClN2O3/c1-20(2,3)18(24)10-13-23(19(25)26)17-8-11-22(12-9-17)14-15-4-6-16(21)7-5-15/h4-7,17-18,24H,8-14H2,1-3H3,(H,25,26). The zero-order valence-corrected chi connectivity index (χ0v) is 16.7. The number of hydrogen-bond donors (Lipinski definition) is 2. The molecule has 1 aromatic carbocycles. The van der Waals surface area contributed by atoms with Gasteiger partial charge in [0.1, 0.15) is 0 Å². The molecular formula is C20H31ClN2O3. The number of carboxylic acid groups (broad SMARTS) is 1. The van der Waals surface area contributed by atoms with Crippen molar-refractivity contribution in [1.29, 1.82) is 0 Å². The van der Waals surface area contributed by atoms with Crippen LogP contribution in [0.25, 0.3) is 0 Å². The Morgan fingerprint density at radius 3 is 2.35 bits per heavy atom. The van der Waals surface area contributed by atoms with Crippen molar-refractivity contribution in [3.63, 3.8) is 0 Å². The van der Waals surface area contributed by atoms with Gasteiger partial charge in [0.2, 0.25) is 0 Å². The molecule has 2 rings (SSSR count). The van der Waals surface area contributed by atoms with Gasteiger partial charge in [0, 0.05) is 37.2 Å². The highest BCUT2D eigenvalue weighted by Crippen LogP contribution is 2.24. The van der Waals surface area contributed by atoms with Crippen LogP contribution in [0.1, 0.15) is 45.6 Å². The molecule has 1 amide bonds. The lowest BCUT2D eigenvalue weighted by Gasteiger charge is -2.38. The second-order valence-electron chi connectivity index (χ2n) is 8.28. The number of carbonyl (C=O) groups is 1. The third-order valence-electron chi connectivity index (χ3n) is 5.21. The summed E-state index contributed by atoms with van der Waals surface area (Å²) in [6.45, 7) is 8.90. The number of halogens is 1. The highest BCUT2D eigenvalue weighted by atomic mass is 35.5. The normalized spacial score (nSPS) is 17.9. The van der Waals surface area contributed by atoms with Gasteiger partial charge in [0.15, 0.2) is 0 Å². The summed E-state index contributed by atoms with van der Waals surface area (Å²) < 4.78 is 0. The lowest BCUT2D eigenvalue weighted by molar-refractivity contribution is 0.0342. The number of benzene rings is 1. The fourth-order valence-electron chi connectivity index (χ4n) is 3.37. The minimum Gasteiger partial charge on any atom is -0.465 e. The largest absolute Gasteiger partial charge is 0.465 e. The number of hydrogen-bond acceptors (Lipinski definition) is 3. The van der Waals surface area contributed by atoms with Crippen molar-refractivity contribution in [3.05, 3.63) is 34.9 Å². The number of piperidine rings is 1. The number of aliphatic hydroxyl groups excluding tert-OH is 1. The lowest BCUT2D eigenvalue weighted by atomic mass is 9.87. The molecule has 0 saturated carbocycles. The monoisotopic (exact) mass is 382 g/mol. The second kappa shape index (κ2) is 9.07. The summed E-state index contributed by atoms with van der Waals surface area (Å²) in [5.41, 5.74) is 0.989. The van der Waals surface area contributed by atoms with Crippen LogP contribution in [0, 0.1) is 5.41 Å². The molecule has 1 aliphatic heterocycles. The maximum atomic E-state index is 11.7. The van der Waals surface area contributed by atoms with Gasteiger partial charge in [-0.1, -0.05) is 44.5 Å². The van der Waals surface area contributed by atoms with E-state index >= 15 is 0 Å². The molecule has 2 N–H and O–H groups in total. The van der Waals surface area contributed by atoms with Gasteiger partial charge in [-0.05, 0) is 42.4 Å². The first kappa shape index (κ1) is 21.0. The van der Waals surface area contributed by atoms with Crippen molar-refractivity contribution in [2.45, 2.75) is 58.7 Å². The SMILES string of the molecule is CC(C)(C)C(O)CCN(C(=O)O)C1CCN(Cc2ccc(Cl)cc2)CC1. The van der Waals surface area contributed by atoms with Crippen LogP contribution in [-0.4, -0.2) is 57.9 Å². The maximum Gasteiger partial charge on any atom is 0.407 e. The number of nitrogens with zero attached hydrogens (tertiary/aromatic N) is 2. The van der Waals surface area contributed by atoms with E-state index in [-0.39, 0.29) is 11.5 Å². The van der Waals surface area contributed by atoms with Crippen molar-refractivity contribution in [1.82, 2.24) is 9.80 Å². The second-order valence-corrected chi connectivity index (χ2v) is 8.72. The van der Waals surface area contributed by atoms with Crippen LogP contribution in [0.4, 0.5) is 4.79 Å². The molecule has 1 aliphatic rings. The highest BCUT2D eigenvalue weighted by Gasteiger charge is 2.30. The molecule has 6 heteroatoms. The predicted molar refractivity (Wildman–Crippen MR) is 105 cm³/mol. The summed E-state index contributed by atoms with van der Waals surface area (Å²) in [6, 6.07) is 7.89. The first-order valence-electron chi connectivity index (χ1n) is 9.31. The van der Waals surface area contributed by atoms with E-state index in [0.29, 0.717) is 13.0 Å². The van der Waals surface area contributed by atoms with Crippen molar-refractivity contribution < 1.29 is 15.0 Å². The van der Waals surface area contributed by atoms with E-state index in [0.717, 1.165) is 37.5 Å². The van der Waals surface area contributed by atoms with Crippen molar-refractivity contribution in [2.75, 3.05) is 19.6 Å². The Bertz CT molecular complexity index is 578. The zero-order chi connectivity index (χ0) is 19.3. The summed E-state index contributed by atoms with van der Waals surface area (Å²) in [6.07, 6.45) is 0.731. The van der Waals surface area contributed by atoms with E-state index < -0.39 is 12.2 Å². The van der Waals surface area contributed by atoms with Gasteiger partial charge in [-0.3, -0.25) is 4.90 Å². The van der Waals surface area contributed by atoms with E-state index in [9.17, 15) is 15.0 Å². The first-order valence-corrected chi connectivity index (χ1v) is 9.69. The van der Waals surface area contributed by atoms with Crippen LogP contribution in [0.15, 0.2) is 24.3 Å². The molecule has 1 heterocycles. The van der Waals surface area contributed by atoms with Crippen LogP contribution in [0.3, 0.4) is 0 Å². The van der Waals surface area contributed by atoms with Crippen molar-refractivity contribution in [3.8, 4) is 0 Å². The zero-order valence-electron chi connectivity index (χ0n) is 16.0. The molecule has 1 atom stereocenters. The molecule has 0 radical (unpaired) electrons. The molecule has 0 bridgehead atoms. The number of amides is 1.